The van der Waals surface area contributed by atoms with E-state index in [4.69, 9.17) is 14.6 Å². The van der Waals surface area contributed by atoms with Gasteiger partial charge in [-0.15, -0.1) is 0 Å². The van der Waals surface area contributed by atoms with Gasteiger partial charge in [0.15, 0.2) is 5.82 Å². The number of halogens is 2. The Morgan fingerprint density at radius 2 is 2.22 bits per heavy atom. The summed E-state index contributed by atoms with van der Waals surface area (Å²) in [6.07, 6.45) is 0.526. The summed E-state index contributed by atoms with van der Waals surface area (Å²) in [7, 11) is 0. The Hall–Kier alpha value is -0.890. The van der Waals surface area contributed by atoms with Gasteiger partial charge in [0, 0.05) is 43.7 Å². The number of aliphatic hydroxyl groups excluding tert-OH is 1. The number of ether oxygens (including phenoxy) is 2. The molecule has 1 unspecified atom stereocenters. The van der Waals surface area contributed by atoms with E-state index in [1.165, 1.54) is 6.07 Å². The van der Waals surface area contributed by atoms with E-state index < -0.39 is 0 Å². The average molecular weight is 389 g/mol. The monoisotopic (exact) mass is 388 g/mol. The maximum atomic E-state index is 14.6. The number of hydrogen-bond acceptors (Lipinski definition) is 5. The van der Waals surface area contributed by atoms with Gasteiger partial charge in [-0.2, -0.15) is 0 Å². The van der Waals surface area contributed by atoms with Crippen molar-refractivity contribution in [3.63, 3.8) is 0 Å². The number of aliphatic hydroxyl groups is 1. The van der Waals surface area contributed by atoms with Crippen LogP contribution in [0, 0.1) is 5.82 Å². The van der Waals surface area contributed by atoms with Crippen LogP contribution >= 0.6 is 15.9 Å². The predicted octanol–water partition coefficient (Wildman–Crippen LogP) is 1.87. The Morgan fingerprint density at radius 1 is 1.35 bits per heavy atom. The molecule has 0 radical (unpaired) electrons. The summed E-state index contributed by atoms with van der Waals surface area (Å²) in [5.74, 6) is 0.235. The molecule has 1 aromatic carbocycles. The van der Waals surface area contributed by atoms with Crippen molar-refractivity contribution in [3.05, 3.63) is 22.4 Å². The predicted molar refractivity (Wildman–Crippen MR) is 89.7 cm³/mol. The van der Waals surface area contributed by atoms with Crippen LogP contribution in [0.25, 0.3) is 0 Å². The zero-order chi connectivity index (χ0) is 16.2. The van der Waals surface area contributed by atoms with Crippen LogP contribution in [-0.2, 0) is 4.74 Å². The van der Waals surface area contributed by atoms with E-state index in [9.17, 15) is 4.39 Å². The Bertz CT molecular complexity index is 546. The third-order valence-electron chi connectivity index (χ3n) is 4.31. The largest absolute Gasteiger partial charge is 0.491 e. The maximum absolute atomic E-state index is 14.6. The molecule has 7 heteroatoms. The Balaban J connectivity index is 1.80. The number of fused-ring (bicyclic) bond motifs is 1. The summed E-state index contributed by atoms with van der Waals surface area (Å²) in [5.41, 5.74) is 0.511. The number of nitrogens with zero attached hydrogens (tertiary/aromatic N) is 2. The second-order valence-corrected chi connectivity index (χ2v) is 6.79. The van der Waals surface area contributed by atoms with Gasteiger partial charge in [0.25, 0.3) is 0 Å². The number of anilines is 1. The minimum atomic E-state index is -0.288. The van der Waals surface area contributed by atoms with E-state index >= 15 is 0 Å². The molecule has 0 aromatic heterocycles. The smallest absolute Gasteiger partial charge is 0.151 e. The highest BCUT2D eigenvalue weighted by Crippen LogP contribution is 2.36. The molecule has 2 aliphatic rings. The van der Waals surface area contributed by atoms with Gasteiger partial charge in [-0.3, -0.25) is 4.90 Å². The zero-order valence-electron chi connectivity index (χ0n) is 13.0. The fourth-order valence-electron chi connectivity index (χ4n) is 3.16. The van der Waals surface area contributed by atoms with Gasteiger partial charge in [0.05, 0.1) is 25.9 Å². The van der Waals surface area contributed by atoms with Crippen LogP contribution in [0.15, 0.2) is 16.6 Å². The van der Waals surface area contributed by atoms with E-state index in [0.29, 0.717) is 41.6 Å². The van der Waals surface area contributed by atoms with Crippen LogP contribution in [0.5, 0.6) is 5.75 Å². The summed E-state index contributed by atoms with van der Waals surface area (Å²) in [5, 5.41) is 8.91. The second-order valence-electron chi connectivity index (χ2n) is 5.87. The van der Waals surface area contributed by atoms with E-state index in [-0.39, 0.29) is 12.4 Å². The zero-order valence-corrected chi connectivity index (χ0v) is 14.6. The third kappa shape index (κ3) is 3.96. The normalized spacial score (nSPS) is 22.0. The van der Waals surface area contributed by atoms with Crippen LogP contribution in [0.4, 0.5) is 10.1 Å². The minimum absolute atomic E-state index is 0.0594. The molecule has 1 aromatic rings. The van der Waals surface area contributed by atoms with Crippen LogP contribution < -0.4 is 9.64 Å². The first-order chi connectivity index (χ1) is 11.2. The summed E-state index contributed by atoms with van der Waals surface area (Å²) >= 11 is 3.32. The topological polar surface area (TPSA) is 45.2 Å². The van der Waals surface area contributed by atoms with E-state index in [2.05, 4.69) is 20.8 Å². The fourth-order valence-corrected chi connectivity index (χ4v) is 3.56. The third-order valence-corrected chi connectivity index (χ3v) is 4.77. The molecule has 2 heterocycles. The van der Waals surface area contributed by atoms with Gasteiger partial charge in [-0.05, 0) is 12.1 Å². The summed E-state index contributed by atoms with van der Waals surface area (Å²) in [6, 6.07) is 3.56. The summed E-state index contributed by atoms with van der Waals surface area (Å²) in [4.78, 5) is 4.45. The molecular weight excluding hydrogens is 367 g/mol. The molecule has 0 aliphatic carbocycles. The molecule has 3 rings (SSSR count). The van der Waals surface area contributed by atoms with E-state index in [1.54, 1.807) is 6.07 Å². The number of piperazine rings is 1. The molecule has 2 fully saturated rings. The van der Waals surface area contributed by atoms with E-state index in [1.807, 2.05) is 4.90 Å². The van der Waals surface area contributed by atoms with Gasteiger partial charge in [0.2, 0.25) is 0 Å². The number of rotatable bonds is 5. The Morgan fingerprint density at radius 3 is 3.04 bits per heavy atom. The number of hydrogen-bond donors (Lipinski definition) is 1. The van der Waals surface area contributed by atoms with Gasteiger partial charge in [-0.1, -0.05) is 15.9 Å². The van der Waals surface area contributed by atoms with Crippen molar-refractivity contribution in [1.82, 2.24) is 4.90 Å². The quantitative estimate of drug-likeness (QED) is 0.780. The molecule has 1 N–H and O–H groups in total. The molecule has 0 amide bonds. The molecule has 0 saturated carbocycles. The molecule has 0 bridgehead atoms. The lowest BCUT2D eigenvalue weighted by Crippen LogP contribution is -2.58. The summed E-state index contributed by atoms with van der Waals surface area (Å²) in [6.45, 7) is 5.24. The lowest BCUT2D eigenvalue weighted by Gasteiger charge is -2.44. The van der Waals surface area contributed by atoms with Crippen molar-refractivity contribution in [2.24, 2.45) is 0 Å². The molecule has 2 saturated heterocycles. The lowest BCUT2D eigenvalue weighted by molar-refractivity contribution is -0.0118. The number of morpholine rings is 1. The highest BCUT2D eigenvalue weighted by molar-refractivity contribution is 9.10. The highest BCUT2D eigenvalue weighted by Gasteiger charge is 2.32. The SMILES string of the molecule is OCCCOc1cc(Br)cc(F)c1N1CCN2CCOCC2C1. The Labute approximate surface area is 144 Å². The van der Waals surface area contributed by atoms with Crippen LogP contribution in [-0.4, -0.2) is 68.7 Å². The molecule has 2 aliphatic heterocycles. The first kappa shape index (κ1) is 17.0. The maximum Gasteiger partial charge on any atom is 0.151 e. The average Bonchev–Trinajstić information content (AvgIpc) is 2.54. The first-order valence-corrected chi connectivity index (χ1v) is 8.78. The van der Waals surface area contributed by atoms with Crippen molar-refractivity contribution in [2.75, 3.05) is 57.5 Å². The molecule has 23 heavy (non-hydrogen) atoms. The van der Waals surface area contributed by atoms with Crippen molar-refractivity contribution in [2.45, 2.75) is 12.5 Å². The lowest BCUT2D eigenvalue weighted by atomic mass is 10.1. The van der Waals surface area contributed by atoms with Crippen molar-refractivity contribution >= 4 is 21.6 Å². The van der Waals surface area contributed by atoms with Crippen molar-refractivity contribution in [3.8, 4) is 5.75 Å². The fraction of sp³-hybridized carbons (Fsp3) is 0.625. The Kier molecular flexibility index (Phi) is 5.74. The molecular formula is C16H22BrFN2O3. The van der Waals surface area contributed by atoms with Gasteiger partial charge < -0.3 is 19.5 Å². The van der Waals surface area contributed by atoms with Crippen LogP contribution in [0.3, 0.4) is 0 Å². The van der Waals surface area contributed by atoms with Crippen LogP contribution in [0.1, 0.15) is 6.42 Å². The summed E-state index contributed by atoms with van der Waals surface area (Å²) < 4.78 is 26.5. The molecule has 128 valence electrons. The van der Waals surface area contributed by atoms with Gasteiger partial charge >= 0.3 is 0 Å². The molecule has 0 spiro atoms. The van der Waals surface area contributed by atoms with Gasteiger partial charge in [-0.25, -0.2) is 4.39 Å². The van der Waals surface area contributed by atoms with E-state index in [0.717, 1.165) is 32.8 Å². The van der Waals surface area contributed by atoms with Crippen LogP contribution in [0.2, 0.25) is 0 Å². The number of benzene rings is 1. The minimum Gasteiger partial charge on any atom is -0.491 e. The standard InChI is InChI=1S/C16H22BrFN2O3/c17-12-8-14(18)16(15(9-12)23-6-1-5-21)20-3-2-19-4-7-22-11-13(19)10-20/h8-9,13,21H,1-7,10-11H2. The molecule has 5 nitrogen and oxygen atoms in total. The van der Waals surface area contributed by atoms with Gasteiger partial charge in [0.1, 0.15) is 11.4 Å². The second kappa shape index (κ2) is 7.79. The van der Waals surface area contributed by atoms with Crippen molar-refractivity contribution in [1.29, 1.82) is 0 Å². The highest BCUT2D eigenvalue weighted by atomic mass is 79.9. The van der Waals surface area contributed by atoms with Crippen molar-refractivity contribution < 1.29 is 19.0 Å². The molecule has 1 atom stereocenters. The first-order valence-electron chi connectivity index (χ1n) is 7.98.